The molecule has 1 saturated carbocycles. The molecule has 4 nitrogen and oxygen atoms in total. The standard InChI is InChI=1S/C16H28N4/c1-16(2,3)15-12(11-18-19-15)10-17-13-6-8-20(9-7-13)14-4-5-14/h11,13-14,17H,4-10H2,1-3H3,(H,18,19). The van der Waals surface area contributed by atoms with Crippen LogP contribution in [0.3, 0.4) is 0 Å². The quantitative estimate of drug-likeness (QED) is 0.887. The van der Waals surface area contributed by atoms with Gasteiger partial charge in [0.1, 0.15) is 0 Å². The van der Waals surface area contributed by atoms with Crippen LogP contribution in [-0.2, 0) is 12.0 Å². The Kier molecular flexibility index (Phi) is 3.87. The number of likely N-dealkylation sites (tertiary alicyclic amines) is 1. The summed E-state index contributed by atoms with van der Waals surface area (Å²) < 4.78 is 0. The summed E-state index contributed by atoms with van der Waals surface area (Å²) in [5, 5.41) is 11.1. The zero-order chi connectivity index (χ0) is 14.2. The van der Waals surface area contributed by atoms with Crippen LogP contribution in [0.1, 0.15) is 57.7 Å². The molecule has 0 unspecified atom stereocenters. The van der Waals surface area contributed by atoms with E-state index in [1.165, 1.54) is 50.0 Å². The smallest absolute Gasteiger partial charge is 0.0535 e. The number of nitrogens with zero attached hydrogens (tertiary/aromatic N) is 2. The Labute approximate surface area is 122 Å². The first-order valence-electron chi connectivity index (χ1n) is 8.04. The van der Waals surface area contributed by atoms with Crippen LogP contribution in [-0.4, -0.2) is 40.3 Å². The number of aromatic nitrogens is 2. The predicted molar refractivity (Wildman–Crippen MR) is 81.7 cm³/mol. The summed E-state index contributed by atoms with van der Waals surface area (Å²) in [6.45, 7) is 10.2. The summed E-state index contributed by atoms with van der Waals surface area (Å²) in [5.74, 6) is 0. The topological polar surface area (TPSA) is 44.0 Å². The van der Waals surface area contributed by atoms with Gasteiger partial charge in [-0.05, 0) is 38.8 Å². The van der Waals surface area contributed by atoms with Crippen molar-refractivity contribution in [2.45, 2.75) is 70.5 Å². The van der Waals surface area contributed by atoms with Crippen molar-refractivity contribution in [1.29, 1.82) is 0 Å². The molecule has 1 aromatic heterocycles. The average Bonchev–Trinajstić information content (AvgIpc) is 3.14. The van der Waals surface area contributed by atoms with Crippen molar-refractivity contribution < 1.29 is 0 Å². The minimum atomic E-state index is 0.142. The number of H-pyrrole nitrogens is 1. The van der Waals surface area contributed by atoms with Crippen molar-refractivity contribution in [2.24, 2.45) is 0 Å². The molecule has 1 aliphatic carbocycles. The van der Waals surface area contributed by atoms with Gasteiger partial charge in [0.05, 0.1) is 6.20 Å². The van der Waals surface area contributed by atoms with E-state index in [1.807, 2.05) is 6.20 Å². The van der Waals surface area contributed by atoms with Crippen LogP contribution >= 0.6 is 0 Å². The molecule has 2 N–H and O–H groups in total. The molecule has 2 heterocycles. The molecule has 0 spiro atoms. The average molecular weight is 276 g/mol. The Morgan fingerprint density at radius 1 is 1.25 bits per heavy atom. The van der Waals surface area contributed by atoms with Crippen LogP contribution in [0.15, 0.2) is 6.20 Å². The fourth-order valence-electron chi connectivity index (χ4n) is 3.26. The molecule has 20 heavy (non-hydrogen) atoms. The van der Waals surface area contributed by atoms with Crippen molar-refractivity contribution >= 4 is 0 Å². The molecule has 112 valence electrons. The highest BCUT2D eigenvalue weighted by Gasteiger charge is 2.31. The Morgan fingerprint density at radius 3 is 2.55 bits per heavy atom. The first-order chi connectivity index (χ1) is 9.54. The van der Waals surface area contributed by atoms with E-state index in [-0.39, 0.29) is 5.41 Å². The molecule has 0 amide bonds. The maximum Gasteiger partial charge on any atom is 0.0535 e. The van der Waals surface area contributed by atoms with Crippen molar-refractivity contribution in [3.05, 3.63) is 17.5 Å². The second-order valence-electron chi connectivity index (χ2n) is 7.44. The highest BCUT2D eigenvalue weighted by atomic mass is 15.2. The largest absolute Gasteiger partial charge is 0.310 e. The maximum atomic E-state index is 4.22. The van der Waals surface area contributed by atoms with Gasteiger partial charge in [-0.25, -0.2) is 0 Å². The number of hydrogen-bond acceptors (Lipinski definition) is 3. The molecule has 0 atom stereocenters. The van der Waals surface area contributed by atoms with Gasteiger partial charge in [-0.2, -0.15) is 5.10 Å². The minimum Gasteiger partial charge on any atom is -0.310 e. The van der Waals surface area contributed by atoms with Crippen molar-refractivity contribution in [2.75, 3.05) is 13.1 Å². The van der Waals surface area contributed by atoms with Crippen LogP contribution in [0.25, 0.3) is 0 Å². The highest BCUT2D eigenvalue weighted by Crippen LogP contribution is 2.29. The van der Waals surface area contributed by atoms with E-state index in [0.29, 0.717) is 6.04 Å². The van der Waals surface area contributed by atoms with Gasteiger partial charge in [0.2, 0.25) is 0 Å². The number of rotatable bonds is 4. The Balaban J connectivity index is 1.49. The van der Waals surface area contributed by atoms with Gasteiger partial charge in [-0.15, -0.1) is 0 Å². The lowest BCUT2D eigenvalue weighted by Gasteiger charge is -2.32. The lowest BCUT2D eigenvalue weighted by molar-refractivity contribution is 0.189. The Morgan fingerprint density at radius 2 is 1.95 bits per heavy atom. The lowest BCUT2D eigenvalue weighted by atomic mass is 9.89. The van der Waals surface area contributed by atoms with Crippen LogP contribution in [0.4, 0.5) is 0 Å². The van der Waals surface area contributed by atoms with Crippen molar-refractivity contribution in [3.8, 4) is 0 Å². The van der Waals surface area contributed by atoms with Gasteiger partial charge >= 0.3 is 0 Å². The van der Waals surface area contributed by atoms with Gasteiger partial charge in [-0.1, -0.05) is 20.8 Å². The fraction of sp³-hybridized carbons (Fsp3) is 0.812. The monoisotopic (exact) mass is 276 g/mol. The highest BCUT2D eigenvalue weighted by molar-refractivity contribution is 5.23. The van der Waals surface area contributed by atoms with E-state index in [1.54, 1.807) is 0 Å². The van der Waals surface area contributed by atoms with Gasteiger partial charge in [0.15, 0.2) is 0 Å². The molecule has 2 fully saturated rings. The van der Waals surface area contributed by atoms with E-state index in [0.717, 1.165) is 12.6 Å². The molecule has 3 rings (SSSR count). The molecular weight excluding hydrogens is 248 g/mol. The van der Waals surface area contributed by atoms with Gasteiger partial charge < -0.3 is 10.2 Å². The first-order valence-corrected chi connectivity index (χ1v) is 8.04. The number of nitrogens with one attached hydrogen (secondary N) is 2. The summed E-state index contributed by atoms with van der Waals surface area (Å²) in [4.78, 5) is 2.68. The molecule has 0 bridgehead atoms. The zero-order valence-electron chi connectivity index (χ0n) is 13.1. The molecule has 1 aliphatic heterocycles. The third kappa shape index (κ3) is 3.23. The van der Waals surface area contributed by atoms with Crippen LogP contribution < -0.4 is 5.32 Å². The van der Waals surface area contributed by atoms with Crippen molar-refractivity contribution in [3.63, 3.8) is 0 Å². The second-order valence-corrected chi connectivity index (χ2v) is 7.44. The van der Waals surface area contributed by atoms with Crippen molar-refractivity contribution in [1.82, 2.24) is 20.4 Å². The Hall–Kier alpha value is -0.870. The second kappa shape index (κ2) is 5.49. The lowest BCUT2D eigenvalue weighted by Crippen LogP contribution is -2.43. The van der Waals surface area contributed by atoms with E-state index < -0.39 is 0 Å². The third-order valence-corrected chi connectivity index (χ3v) is 4.64. The van der Waals surface area contributed by atoms with E-state index in [2.05, 4.69) is 41.2 Å². The number of aromatic amines is 1. The summed E-state index contributed by atoms with van der Waals surface area (Å²) >= 11 is 0. The summed E-state index contributed by atoms with van der Waals surface area (Å²) in [7, 11) is 0. The zero-order valence-corrected chi connectivity index (χ0v) is 13.1. The predicted octanol–water partition coefficient (Wildman–Crippen LogP) is 2.42. The summed E-state index contributed by atoms with van der Waals surface area (Å²) in [5.41, 5.74) is 2.73. The summed E-state index contributed by atoms with van der Waals surface area (Å²) in [6.07, 6.45) is 7.43. The van der Waals surface area contributed by atoms with E-state index in [9.17, 15) is 0 Å². The molecule has 1 saturated heterocycles. The maximum absolute atomic E-state index is 4.22. The summed E-state index contributed by atoms with van der Waals surface area (Å²) in [6, 6.07) is 1.60. The number of hydrogen-bond donors (Lipinski definition) is 2. The van der Waals surface area contributed by atoms with Gasteiger partial charge in [0.25, 0.3) is 0 Å². The SMILES string of the molecule is CC(C)(C)c1[nH]ncc1CNC1CCN(C2CC2)CC1. The Bertz CT molecular complexity index is 434. The van der Waals surface area contributed by atoms with Crippen LogP contribution in [0, 0.1) is 0 Å². The van der Waals surface area contributed by atoms with Gasteiger partial charge in [-0.3, -0.25) is 5.10 Å². The fourth-order valence-corrected chi connectivity index (χ4v) is 3.26. The molecule has 4 heteroatoms. The molecule has 0 radical (unpaired) electrons. The van der Waals surface area contributed by atoms with Gasteiger partial charge in [0, 0.05) is 35.3 Å². The third-order valence-electron chi connectivity index (χ3n) is 4.64. The number of piperidine rings is 1. The van der Waals surface area contributed by atoms with Crippen LogP contribution in [0.2, 0.25) is 0 Å². The van der Waals surface area contributed by atoms with E-state index >= 15 is 0 Å². The minimum absolute atomic E-state index is 0.142. The van der Waals surface area contributed by atoms with Crippen LogP contribution in [0.5, 0.6) is 0 Å². The molecular formula is C16H28N4. The normalized spacial score (nSPS) is 22.4. The molecule has 1 aromatic rings. The van der Waals surface area contributed by atoms with E-state index in [4.69, 9.17) is 0 Å². The molecule has 0 aromatic carbocycles. The first kappa shape index (κ1) is 14.1. The molecule has 2 aliphatic rings.